The molecule has 0 atom stereocenters. The van der Waals surface area contributed by atoms with Crippen LogP contribution >= 0.6 is 0 Å². The molecule has 3 nitrogen and oxygen atoms in total. The zero-order valence-corrected chi connectivity index (χ0v) is 26.6. The van der Waals surface area contributed by atoms with Crippen molar-refractivity contribution in [2.75, 3.05) is 0 Å². The van der Waals surface area contributed by atoms with E-state index in [0.717, 1.165) is 49.9 Å². The summed E-state index contributed by atoms with van der Waals surface area (Å²) in [4.78, 5) is 4.96. The molecule has 0 saturated carbocycles. The minimum Gasteiger partial charge on any atom is -0.454 e. The van der Waals surface area contributed by atoms with Crippen molar-refractivity contribution in [2.24, 2.45) is 4.99 Å². The molecule has 0 N–H and O–H groups in total. The minimum atomic E-state index is 0.627. The van der Waals surface area contributed by atoms with Crippen LogP contribution in [-0.4, -0.2) is 10.3 Å². The van der Waals surface area contributed by atoms with Crippen LogP contribution in [0, 0.1) is 0 Å². The van der Waals surface area contributed by atoms with Crippen LogP contribution in [0.3, 0.4) is 0 Å². The third-order valence-electron chi connectivity index (χ3n) is 9.48. The summed E-state index contributed by atoms with van der Waals surface area (Å²) < 4.78 is 9.11. The van der Waals surface area contributed by atoms with E-state index in [1.165, 1.54) is 38.6 Å². The van der Waals surface area contributed by atoms with Gasteiger partial charge in [-0.1, -0.05) is 133 Å². The highest BCUT2D eigenvalue weighted by atomic mass is 16.3. The standard InChI is InChI=1S/C45H32N2O/c1-30(46-29-31-22-24-33(25-23-31)32-12-4-2-5-13-32)35-26-27-37-38-18-11-21-42(45(38)48-43(37)28-35)47-40-19-9-8-16-39(40)44-36(17-10-20-41(44)47)34-14-6-3-7-15-34/h2-28H,29H2,1H3. The number of benzene rings is 7. The first-order chi connectivity index (χ1) is 23.7. The summed E-state index contributed by atoms with van der Waals surface area (Å²) in [5.74, 6) is 0. The second-order valence-corrected chi connectivity index (χ2v) is 12.3. The number of aromatic nitrogens is 1. The van der Waals surface area contributed by atoms with Gasteiger partial charge in [0.25, 0.3) is 0 Å². The lowest BCUT2D eigenvalue weighted by Gasteiger charge is -2.09. The highest BCUT2D eigenvalue weighted by molar-refractivity contribution is 6.17. The van der Waals surface area contributed by atoms with Crippen LogP contribution in [0.1, 0.15) is 18.1 Å². The molecule has 9 rings (SSSR count). The Morgan fingerprint density at radius 2 is 1.23 bits per heavy atom. The Morgan fingerprint density at radius 1 is 0.562 bits per heavy atom. The van der Waals surface area contributed by atoms with Gasteiger partial charge in [-0.05, 0) is 70.6 Å². The van der Waals surface area contributed by atoms with E-state index in [4.69, 9.17) is 9.41 Å². The second kappa shape index (κ2) is 11.6. The average molecular weight is 617 g/mol. The number of nitrogens with zero attached hydrogens (tertiary/aromatic N) is 2. The molecule has 0 unspecified atom stereocenters. The summed E-state index contributed by atoms with van der Waals surface area (Å²) in [6.07, 6.45) is 0. The van der Waals surface area contributed by atoms with Crippen LogP contribution in [0.2, 0.25) is 0 Å². The molecule has 0 fully saturated rings. The number of fused-ring (bicyclic) bond motifs is 6. The van der Waals surface area contributed by atoms with Crippen LogP contribution in [0.15, 0.2) is 173 Å². The molecule has 0 saturated heterocycles. The molecule has 7 aromatic carbocycles. The summed E-state index contributed by atoms with van der Waals surface area (Å²) in [6.45, 7) is 2.71. The summed E-state index contributed by atoms with van der Waals surface area (Å²) >= 11 is 0. The van der Waals surface area contributed by atoms with Gasteiger partial charge in [-0.15, -0.1) is 0 Å². The molecular weight excluding hydrogens is 585 g/mol. The maximum atomic E-state index is 6.75. The fourth-order valence-corrected chi connectivity index (χ4v) is 7.06. The molecule has 0 radical (unpaired) electrons. The molecule has 9 aromatic rings. The van der Waals surface area contributed by atoms with Gasteiger partial charge in [0.05, 0.1) is 23.3 Å². The number of rotatable bonds is 6. The van der Waals surface area contributed by atoms with E-state index >= 15 is 0 Å². The number of hydrogen-bond acceptors (Lipinski definition) is 2. The Kier molecular flexibility index (Phi) is 6.76. The van der Waals surface area contributed by atoms with E-state index in [-0.39, 0.29) is 0 Å². The lowest BCUT2D eigenvalue weighted by atomic mass is 9.99. The number of hydrogen-bond donors (Lipinski definition) is 0. The smallest absolute Gasteiger partial charge is 0.159 e. The zero-order valence-electron chi connectivity index (χ0n) is 26.6. The molecule has 0 aliphatic carbocycles. The molecule has 0 amide bonds. The predicted octanol–water partition coefficient (Wildman–Crippen LogP) is 12.0. The fraction of sp³-hybridized carbons (Fsp3) is 0.0444. The van der Waals surface area contributed by atoms with E-state index in [2.05, 4.69) is 169 Å². The Labute approximate surface area is 279 Å². The monoisotopic (exact) mass is 616 g/mol. The van der Waals surface area contributed by atoms with Crippen molar-refractivity contribution in [2.45, 2.75) is 13.5 Å². The van der Waals surface area contributed by atoms with Crippen LogP contribution in [0.25, 0.3) is 71.7 Å². The van der Waals surface area contributed by atoms with Gasteiger partial charge in [0.2, 0.25) is 0 Å². The van der Waals surface area contributed by atoms with Gasteiger partial charge in [-0.25, -0.2) is 0 Å². The third kappa shape index (κ3) is 4.71. The number of furan rings is 1. The number of aliphatic imine (C=N–C) groups is 1. The van der Waals surface area contributed by atoms with Crippen LogP contribution < -0.4 is 0 Å². The molecule has 0 bridgehead atoms. The van der Waals surface area contributed by atoms with E-state index in [1.54, 1.807) is 0 Å². The highest BCUT2D eigenvalue weighted by Crippen LogP contribution is 2.41. The average Bonchev–Trinajstić information content (AvgIpc) is 3.70. The maximum Gasteiger partial charge on any atom is 0.159 e. The summed E-state index contributed by atoms with van der Waals surface area (Å²) in [5, 5.41) is 4.68. The second-order valence-electron chi connectivity index (χ2n) is 12.3. The van der Waals surface area contributed by atoms with Crippen molar-refractivity contribution in [3.05, 3.63) is 175 Å². The normalized spacial score (nSPS) is 12.1. The van der Waals surface area contributed by atoms with Crippen LogP contribution in [0.5, 0.6) is 0 Å². The molecule has 48 heavy (non-hydrogen) atoms. The summed E-state index contributed by atoms with van der Waals surface area (Å²) in [6, 6.07) is 58.0. The van der Waals surface area contributed by atoms with Crippen molar-refractivity contribution in [1.29, 1.82) is 0 Å². The third-order valence-corrected chi connectivity index (χ3v) is 9.48. The molecule has 0 aliphatic heterocycles. The van der Waals surface area contributed by atoms with Crippen molar-refractivity contribution in [1.82, 2.24) is 4.57 Å². The van der Waals surface area contributed by atoms with Gasteiger partial charge in [-0.3, -0.25) is 4.99 Å². The van der Waals surface area contributed by atoms with Crippen LogP contribution in [0.4, 0.5) is 0 Å². The van der Waals surface area contributed by atoms with Gasteiger partial charge in [0, 0.05) is 27.3 Å². The quantitative estimate of drug-likeness (QED) is 0.171. The van der Waals surface area contributed by atoms with Gasteiger partial charge < -0.3 is 8.98 Å². The Balaban J connectivity index is 1.11. The van der Waals surface area contributed by atoms with Gasteiger partial charge in [0.15, 0.2) is 5.58 Å². The number of para-hydroxylation sites is 2. The topological polar surface area (TPSA) is 30.4 Å². The first kappa shape index (κ1) is 28.1. The van der Waals surface area contributed by atoms with E-state index in [0.29, 0.717) is 6.54 Å². The Bertz CT molecular complexity index is 2630. The Morgan fingerprint density at radius 3 is 2.04 bits per heavy atom. The molecule has 0 spiro atoms. The van der Waals surface area contributed by atoms with E-state index < -0.39 is 0 Å². The molecule has 3 heteroatoms. The zero-order chi connectivity index (χ0) is 32.0. The molecule has 2 aromatic heterocycles. The Hall–Kier alpha value is -6.19. The highest BCUT2D eigenvalue weighted by Gasteiger charge is 2.19. The lowest BCUT2D eigenvalue weighted by Crippen LogP contribution is -1.95. The molecule has 228 valence electrons. The minimum absolute atomic E-state index is 0.627. The fourth-order valence-electron chi connectivity index (χ4n) is 7.06. The SMILES string of the molecule is CC(=NCc1ccc(-c2ccccc2)cc1)c1ccc2c(c1)oc1c(-n3c4ccccc4c4c(-c5ccccc5)cccc43)cccc12. The maximum absolute atomic E-state index is 6.75. The summed E-state index contributed by atoms with van der Waals surface area (Å²) in [5.41, 5.74) is 13.2. The van der Waals surface area contributed by atoms with E-state index in [9.17, 15) is 0 Å². The van der Waals surface area contributed by atoms with Gasteiger partial charge >= 0.3 is 0 Å². The summed E-state index contributed by atoms with van der Waals surface area (Å²) in [7, 11) is 0. The first-order valence-corrected chi connectivity index (χ1v) is 16.4. The van der Waals surface area contributed by atoms with Crippen LogP contribution in [-0.2, 0) is 6.54 Å². The molecule has 2 heterocycles. The van der Waals surface area contributed by atoms with Crippen molar-refractivity contribution in [3.63, 3.8) is 0 Å². The first-order valence-electron chi connectivity index (χ1n) is 16.4. The molecular formula is C45H32N2O. The van der Waals surface area contributed by atoms with Crippen molar-refractivity contribution in [3.8, 4) is 27.9 Å². The molecule has 0 aliphatic rings. The van der Waals surface area contributed by atoms with Gasteiger partial charge in [0.1, 0.15) is 5.58 Å². The van der Waals surface area contributed by atoms with Crippen molar-refractivity contribution >= 4 is 49.5 Å². The lowest BCUT2D eigenvalue weighted by molar-refractivity contribution is 0.666. The van der Waals surface area contributed by atoms with E-state index in [1.807, 2.05) is 6.07 Å². The van der Waals surface area contributed by atoms with Gasteiger partial charge in [-0.2, -0.15) is 0 Å². The van der Waals surface area contributed by atoms with Crippen molar-refractivity contribution < 1.29 is 4.42 Å². The predicted molar refractivity (Wildman–Crippen MR) is 201 cm³/mol. The largest absolute Gasteiger partial charge is 0.454 e.